The molecule has 0 saturated carbocycles. The summed E-state index contributed by atoms with van der Waals surface area (Å²) in [5.41, 5.74) is 3.82. The zero-order valence-electron chi connectivity index (χ0n) is 27.2. The van der Waals surface area contributed by atoms with E-state index in [4.69, 9.17) is 23.9 Å². The minimum atomic E-state index is -0.825. The van der Waals surface area contributed by atoms with E-state index in [0.717, 1.165) is 11.1 Å². The number of carbonyl (C=O) groups is 1. The fraction of sp³-hybridized carbons (Fsp3) is 0.179. The highest BCUT2D eigenvalue weighted by atomic mass is 32.1. The maximum absolute atomic E-state index is 14.3. The Balaban J connectivity index is 1.48. The van der Waals surface area contributed by atoms with Crippen molar-refractivity contribution in [2.75, 3.05) is 20.3 Å². The van der Waals surface area contributed by atoms with Gasteiger partial charge in [-0.05, 0) is 61.4 Å². The van der Waals surface area contributed by atoms with E-state index in [1.54, 1.807) is 36.8 Å². The van der Waals surface area contributed by atoms with Crippen LogP contribution in [-0.4, -0.2) is 30.9 Å². The number of benzene rings is 4. The van der Waals surface area contributed by atoms with Crippen molar-refractivity contribution in [3.05, 3.63) is 150 Å². The van der Waals surface area contributed by atoms with Gasteiger partial charge in [0.05, 0.1) is 53.8 Å². The lowest BCUT2D eigenvalue weighted by molar-refractivity contribution is -0.138. The van der Waals surface area contributed by atoms with Crippen LogP contribution in [0.3, 0.4) is 0 Å². The van der Waals surface area contributed by atoms with Gasteiger partial charge in [-0.2, -0.15) is 5.26 Å². The van der Waals surface area contributed by atoms with E-state index in [-0.39, 0.29) is 24.3 Å². The fourth-order valence-electron chi connectivity index (χ4n) is 5.63. The Morgan fingerprint density at radius 3 is 2.49 bits per heavy atom. The van der Waals surface area contributed by atoms with Crippen LogP contribution < -0.4 is 29.1 Å². The summed E-state index contributed by atoms with van der Waals surface area (Å²) in [6.45, 7) is 4.37. The van der Waals surface area contributed by atoms with Crippen molar-refractivity contribution in [3.8, 4) is 23.3 Å². The van der Waals surface area contributed by atoms with Gasteiger partial charge in [-0.15, -0.1) is 0 Å². The van der Waals surface area contributed by atoms with Crippen LogP contribution in [0.25, 0.3) is 11.8 Å². The maximum atomic E-state index is 14.3. The molecule has 0 bridgehead atoms. The van der Waals surface area contributed by atoms with Gasteiger partial charge in [0.1, 0.15) is 12.4 Å². The van der Waals surface area contributed by atoms with Crippen LogP contribution in [0.1, 0.15) is 47.7 Å². The first-order valence-electron chi connectivity index (χ1n) is 15.8. The molecule has 5 aromatic rings. The van der Waals surface area contributed by atoms with Gasteiger partial charge in [0, 0.05) is 11.1 Å². The zero-order chi connectivity index (χ0) is 34.3. The Morgan fingerprint density at radius 2 is 1.73 bits per heavy atom. The average molecular weight is 672 g/mol. The summed E-state index contributed by atoms with van der Waals surface area (Å²) in [6, 6.07) is 30.8. The lowest BCUT2D eigenvalue weighted by atomic mass is 9.93. The molecule has 4 aromatic carbocycles. The number of aromatic nitrogens is 1. The molecule has 0 radical (unpaired) electrons. The summed E-state index contributed by atoms with van der Waals surface area (Å²) in [5.74, 6) is 1.05. The van der Waals surface area contributed by atoms with Crippen molar-refractivity contribution in [1.82, 2.24) is 4.57 Å². The van der Waals surface area contributed by atoms with Crippen molar-refractivity contribution in [2.24, 2.45) is 4.99 Å². The third-order valence-electron chi connectivity index (χ3n) is 7.87. The molecule has 0 unspecified atom stereocenters. The molecule has 1 atom stereocenters. The minimum absolute atomic E-state index is 0.159. The summed E-state index contributed by atoms with van der Waals surface area (Å²) in [7, 11) is 1.57. The molecule has 0 aliphatic carbocycles. The molecule has 1 aliphatic heterocycles. The molecule has 10 heteroatoms. The van der Waals surface area contributed by atoms with Gasteiger partial charge in [0.25, 0.3) is 5.56 Å². The van der Waals surface area contributed by atoms with Gasteiger partial charge in [-0.1, -0.05) is 78.1 Å². The quantitative estimate of drug-likeness (QED) is 0.163. The van der Waals surface area contributed by atoms with Gasteiger partial charge in [0.15, 0.2) is 16.3 Å². The molecule has 0 amide bonds. The first-order chi connectivity index (χ1) is 23.9. The van der Waals surface area contributed by atoms with Crippen molar-refractivity contribution >= 4 is 29.1 Å². The molecule has 246 valence electrons. The highest BCUT2D eigenvalue weighted by molar-refractivity contribution is 7.07. The Bertz CT molecular complexity index is 2270. The highest BCUT2D eigenvalue weighted by Crippen LogP contribution is 2.36. The summed E-state index contributed by atoms with van der Waals surface area (Å²) in [6.07, 6.45) is 1.78. The van der Waals surface area contributed by atoms with E-state index in [1.165, 1.54) is 11.3 Å². The van der Waals surface area contributed by atoms with E-state index >= 15 is 0 Å². The highest BCUT2D eigenvalue weighted by Gasteiger charge is 2.35. The molecule has 0 saturated heterocycles. The van der Waals surface area contributed by atoms with Crippen LogP contribution in [0.4, 0.5) is 0 Å². The predicted molar refractivity (Wildman–Crippen MR) is 187 cm³/mol. The fourth-order valence-corrected chi connectivity index (χ4v) is 6.63. The number of esters is 1. The second-order valence-electron chi connectivity index (χ2n) is 10.9. The van der Waals surface area contributed by atoms with E-state index < -0.39 is 12.0 Å². The van der Waals surface area contributed by atoms with Crippen LogP contribution in [0, 0.1) is 11.3 Å². The van der Waals surface area contributed by atoms with E-state index in [9.17, 15) is 14.9 Å². The molecule has 0 spiro atoms. The van der Waals surface area contributed by atoms with Crippen LogP contribution >= 0.6 is 11.3 Å². The molecule has 49 heavy (non-hydrogen) atoms. The number of thiazole rings is 1. The maximum Gasteiger partial charge on any atom is 0.338 e. The van der Waals surface area contributed by atoms with Gasteiger partial charge < -0.3 is 18.9 Å². The number of rotatable bonds is 11. The van der Waals surface area contributed by atoms with Crippen molar-refractivity contribution < 1.29 is 23.7 Å². The summed E-state index contributed by atoms with van der Waals surface area (Å²) >= 11 is 1.23. The lowest BCUT2D eigenvalue weighted by Gasteiger charge is -2.26. The van der Waals surface area contributed by atoms with Crippen molar-refractivity contribution in [2.45, 2.75) is 26.5 Å². The number of ether oxygens (including phenoxy) is 4. The van der Waals surface area contributed by atoms with Crippen LogP contribution in [0.15, 0.2) is 112 Å². The monoisotopic (exact) mass is 671 g/mol. The normalized spacial score (nSPS) is 14.0. The molecule has 2 heterocycles. The van der Waals surface area contributed by atoms with E-state index in [1.807, 2.05) is 91.9 Å². The number of hydrogen-bond acceptors (Lipinski definition) is 9. The average Bonchev–Trinajstić information content (AvgIpc) is 3.45. The zero-order valence-corrected chi connectivity index (χ0v) is 28.0. The molecule has 0 N–H and O–H groups in total. The van der Waals surface area contributed by atoms with Crippen LogP contribution in [0.5, 0.6) is 17.2 Å². The minimum Gasteiger partial charge on any atom is -0.497 e. The van der Waals surface area contributed by atoms with E-state index in [0.29, 0.717) is 55.6 Å². The molecular formula is C39H33N3O6S. The number of fused-ring (bicyclic) bond motifs is 1. The molecule has 9 nitrogen and oxygen atoms in total. The third-order valence-corrected chi connectivity index (χ3v) is 8.85. The van der Waals surface area contributed by atoms with Gasteiger partial charge >= 0.3 is 5.97 Å². The number of nitrogens with zero attached hydrogens (tertiary/aromatic N) is 3. The smallest absolute Gasteiger partial charge is 0.338 e. The SMILES string of the molecule is CCOC(=O)C1=C(c2ccccc2)N=c2s/c(=C/c3ccc(OCc4ccccc4C#N)c(OCC)c3)c(=O)n2[C@H]1c1cccc(OC)c1. The number of carbonyl (C=O) groups excluding carboxylic acids is 1. The Kier molecular flexibility index (Phi) is 10.0. The topological polar surface area (TPSA) is 112 Å². The largest absolute Gasteiger partial charge is 0.497 e. The van der Waals surface area contributed by atoms with Crippen LogP contribution in [0.2, 0.25) is 0 Å². The molecule has 1 aliphatic rings. The summed E-state index contributed by atoms with van der Waals surface area (Å²) < 4.78 is 25.0. The first kappa shape index (κ1) is 33.0. The predicted octanol–water partition coefficient (Wildman–Crippen LogP) is 5.79. The first-order valence-corrected chi connectivity index (χ1v) is 16.6. The van der Waals surface area contributed by atoms with Crippen LogP contribution in [-0.2, 0) is 16.1 Å². The summed E-state index contributed by atoms with van der Waals surface area (Å²) in [5, 5.41) is 9.46. The lowest BCUT2D eigenvalue weighted by Crippen LogP contribution is -2.40. The second-order valence-corrected chi connectivity index (χ2v) is 11.9. The molecular weight excluding hydrogens is 639 g/mol. The molecule has 1 aromatic heterocycles. The van der Waals surface area contributed by atoms with Gasteiger partial charge in [-0.25, -0.2) is 9.79 Å². The second kappa shape index (κ2) is 14.9. The number of nitriles is 1. The molecule has 0 fully saturated rings. The van der Waals surface area contributed by atoms with Crippen molar-refractivity contribution in [1.29, 1.82) is 5.26 Å². The third kappa shape index (κ3) is 6.89. The Labute approximate surface area is 287 Å². The molecule has 6 rings (SSSR count). The van der Waals surface area contributed by atoms with Gasteiger partial charge in [0.2, 0.25) is 0 Å². The number of methoxy groups -OCH3 is 1. The summed E-state index contributed by atoms with van der Waals surface area (Å²) in [4.78, 5) is 33.4. The number of hydrogen-bond donors (Lipinski definition) is 0. The van der Waals surface area contributed by atoms with E-state index in [2.05, 4.69) is 6.07 Å². The van der Waals surface area contributed by atoms with Crippen molar-refractivity contribution in [3.63, 3.8) is 0 Å². The standard InChI is InChI=1S/C39H33N3O6S/c1-4-46-32-20-25(18-19-31(32)48-24-29-15-10-9-14-28(29)23-40)21-33-37(43)42-36(27-16-11-17-30(22-27)45-3)34(38(44)47-5-2)35(41-39(42)49-33)26-12-7-6-8-13-26/h6-22,36H,4-5,24H2,1-3H3/b33-21+/t36-/m0/s1. The Hall–Kier alpha value is -5.92. The Morgan fingerprint density at radius 1 is 0.939 bits per heavy atom. The van der Waals surface area contributed by atoms with Gasteiger partial charge in [-0.3, -0.25) is 9.36 Å².